The summed E-state index contributed by atoms with van der Waals surface area (Å²) in [6.07, 6.45) is 0. The van der Waals surface area contributed by atoms with Crippen LogP contribution < -0.4 is 0 Å². The maximum Gasteiger partial charge on any atom is 0.336 e. The minimum atomic E-state index is -0.985. The van der Waals surface area contributed by atoms with Gasteiger partial charge >= 0.3 is 5.97 Å². The van der Waals surface area contributed by atoms with E-state index in [1.165, 1.54) is 0 Å². The molecule has 0 amide bonds. The van der Waals surface area contributed by atoms with Crippen molar-refractivity contribution < 1.29 is 15.0 Å². The lowest BCUT2D eigenvalue weighted by atomic mass is 10.0. The fourth-order valence-electron chi connectivity index (χ4n) is 2.09. The SMILES string of the molecule is Cc1nn(CCO)c2nc(C(C)C)cc(C(=O)O)c12. The molecule has 0 bridgehead atoms. The van der Waals surface area contributed by atoms with E-state index in [-0.39, 0.29) is 18.1 Å². The summed E-state index contributed by atoms with van der Waals surface area (Å²) in [6, 6.07) is 1.60. The van der Waals surface area contributed by atoms with Gasteiger partial charge in [-0.1, -0.05) is 13.8 Å². The van der Waals surface area contributed by atoms with Gasteiger partial charge in [0.1, 0.15) is 0 Å². The Hall–Kier alpha value is -1.95. The van der Waals surface area contributed by atoms with Gasteiger partial charge in [0.25, 0.3) is 0 Å². The van der Waals surface area contributed by atoms with Gasteiger partial charge < -0.3 is 10.2 Å². The fraction of sp³-hybridized carbons (Fsp3) is 0.462. The van der Waals surface area contributed by atoms with Gasteiger partial charge in [0.2, 0.25) is 0 Å². The van der Waals surface area contributed by atoms with Crippen LogP contribution in [0, 0.1) is 6.92 Å². The van der Waals surface area contributed by atoms with Crippen LogP contribution in [0.1, 0.15) is 41.5 Å². The second kappa shape index (κ2) is 4.97. The Bertz CT molecular complexity index is 632. The van der Waals surface area contributed by atoms with Crippen molar-refractivity contribution in [2.45, 2.75) is 33.2 Å². The van der Waals surface area contributed by atoms with Crippen LogP contribution in [0.3, 0.4) is 0 Å². The molecular weight excluding hydrogens is 246 g/mol. The molecule has 2 N–H and O–H groups in total. The van der Waals surface area contributed by atoms with Gasteiger partial charge in [-0.05, 0) is 18.9 Å². The lowest BCUT2D eigenvalue weighted by Gasteiger charge is -2.08. The van der Waals surface area contributed by atoms with Gasteiger partial charge in [0.15, 0.2) is 5.65 Å². The van der Waals surface area contributed by atoms with E-state index in [0.29, 0.717) is 29.0 Å². The molecular formula is C13H17N3O3. The highest BCUT2D eigenvalue weighted by atomic mass is 16.4. The average Bonchev–Trinajstić information content (AvgIpc) is 2.66. The van der Waals surface area contributed by atoms with Crippen molar-refractivity contribution >= 4 is 17.0 Å². The highest BCUT2D eigenvalue weighted by Crippen LogP contribution is 2.25. The summed E-state index contributed by atoms with van der Waals surface area (Å²) in [5.74, 6) is -0.860. The van der Waals surface area contributed by atoms with Gasteiger partial charge in [0.05, 0.1) is 29.8 Å². The zero-order valence-corrected chi connectivity index (χ0v) is 11.2. The number of carbonyl (C=O) groups is 1. The van der Waals surface area contributed by atoms with E-state index >= 15 is 0 Å². The molecule has 0 saturated heterocycles. The van der Waals surface area contributed by atoms with Crippen molar-refractivity contribution in [1.82, 2.24) is 14.8 Å². The van der Waals surface area contributed by atoms with Crippen molar-refractivity contribution in [2.75, 3.05) is 6.61 Å². The molecule has 0 fully saturated rings. The van der Waals surface area contributed by atoms with Gasteiger partial charge in [0, 0.05) is 5.69 Å². The first-order valence-electron chi connectivity index (χ1n) is 6.18. The number of aromatic carboxylic acids is 1. The van der Waals surface area contributed by atoms with E-state index in [1.807, 2.05) is 13.8 Å². The highest BCUT2D eigenvalue weighted by molar-refractivity contribution is 6.02. The molecule has 102 valence electrons. The summed E-state index contributed by atoms with van der Waals surface area (Å²) in [4.78, 5) is 15.9. The zero-order valence-electron chi connectivity index (χ0n) is 11.2. The maximum atomic E-state index is 11.4. The largest absolute Gasteiger partial charge is 0.478 e. The van der Waals surface area contributed by atoms with Crippen LogP contribution in [-0.4, -0.2) is 37.6 Å². The van der Waals surface area contributed by atoms with E-state index in [0.717, 1.165) is 0 Å². The van der Waals surface area contributed by atoms with Crippen LogP contribution in [-0.2, 0) is 6.54 Å². The number of hydrogen-bond acceptors (Lipinski definition) is 4. The minimum absolute atomic E-state index is 0.0633. The Morgan fingerprint density at radius 3 is 2.68 bits per heavy atom. The fourth-order valence-corrected chi connectivity index (χ4v) is 2.09. The number of carboxylic acids is 1. The quantitative estimate of drug-likeness (QED) is 0.873. The number of nitrogens with zero attached hydrogens (tertiary/aromatic N) is 3. The first-order chi connectivity index (χ1) is 8.95. The predicted octanol–water partition coefficient (Wildman–Crippen LogP) is 1.55. The molecule has 0 unspecified atom stereocenters. The van der Waals surface area contributed by atoms with Crippen molar-refractivity contribution in [3.63, 3.8) is 0 Å². The number of rotatable bonds is 4. The second-order valence-electron chi connectivity index (χ2n) is 4.79. The summed E-state index contributed by atoms with van der Waals surface area (Å²) >= 11 is 0. The van der Waals surface area contributed by atoms with Crippen molar-refractivity contribution in [3.05, 3.63) is 23.0 Å². The van der Waals surface area contributed by atoms with E-state index in [2.05, 4.69) is 10.1 Å². The van der Waals surface area contributed by atoms with Crippen LogP contribution in [0.25, 0.3) is 11.0 Å². The lowest BCUT2D eigenvalue weighted by molar-refractivity contribution is 0.0698. The normalized spacial score (nSPS) is 11.4. The molecule has 2 heterocycles. The Balaban J connectivity index is 2.80. The molecule has 6 nitrogen and oxygen atoms in total. The van der Waals surface area contributed by atoms with E-state index < -0.39 is 5.97 Å². The molecule has 6 heteroatoms. The number of aryl methyl sites for hydroxylation is 1. The number of aliphatic hydroxyl groups excluding tert-OH is 1. The van der Waals surface area contributed by atoms with Crippen molar-refractivity contribution in [2.24, 2.45) is 0 Å². The van der Waals surface area contributed by atoms with Crippen LogP contribution in [0.5, 0.6) is 0 Å². The molecule has 0 aliphatic carbocycles. The maximum absolute atomic E-state index is 11.4. The first-order valence-corrected chi connectivity index (χ1v) is 6.18. The molecule has 0 aliphatic rings. The number of carboxylic acid groups (broad SMARTS) is 1. The number of fused-ring (bicyclic) bond motifs is 1. The summed E-state index contributed by atoms with van der Waals surface area (Å²) < 4.78 is 1.56. The lowest BCUT2D eigenvalue weighted by Crippen LogP contribution is -2.07. The summed E-state index contributed by atoms with van der Waals surface area (Å²) in [6.45, 7) is 5.91. The standard InChI is InChI=1S/C13H17N3O3/c1-7(2)10-6-9(13(18)19)11-8(3)15-16(4-5-17)12(11)14-10/h6-7,17H,4-5H2,1-3H3,(H,18,19). The van der Waals surface area contributed by atoms with Crippen LogP contribution >= 0.6 is 0 Å². The van der Waals surface area contributed by atoms with Crippen molar-refractivity contribution in [3.8, 4) is 0 Å². The molecule has 0 saturated carbocycles. The molecule has 0 aromatic carbocycles. The molecule has 0 radical (unpaired) electrons. The highest BCUT2D eigenvalue weighted by Gasteiger charge is 2.19. The third-order valence-corrected chi connectivity index (χ3v) is 3.03. The summed E-state index contributed by atoms with van der Waals surface area (Å²) in [5.41, 5.74) is 2.07. The van der Waals surface area contributed by atoms with Gasteiger partial charge in [-0.3, -0.25) is 0 Å². The Labute approximate surface area is 110 Å². The third-order valence-electron chi connectivity index (χ3n) is 3.03. The van der Waals surface area contributed by atoms with Gasteiger partial charge in [-0.25, -0.2) is 14.5 Å². The minimum Gasteiger partial charge on any atom is -0.478 e. The topological polar surface area (TPSA) is 88.2 Å². The van der Waals surface area contributed by atoms with Crippen LogP contribution in [0.4, 0.5) is 0 Å². The number of pyridine rings is 1. The van der Waals surface area contributed by atoms with Crippen molar-refractivity contribution in [1.29, 1.82) is 0 Å². The summed E-state index contributed by atoms with van der Waals surface area (Å²) in [7, 11) is 0. The van der Waals surface area contributed by atoms with E-state index in [1.54, 1.807) is 17.7 Å². The molecule has 0 aliphatic heterocycles. The predicted molar refractivity (Wildman–Crippen MR) is 70.4 cm³/mol. The van der Waals surface area contributed by atoms with Gasteiger partial charge in [-0.2, -0.15) is 5.10 Å². The van der Waals surface area contributed by atoms with E-state index in [4.69, 9.17) is 5.11 Å². The molecule has 19 heavy (non-hydrogen) atoms. The molecule has 2 aromatic rings. The number of aromatic nitrogens is 3. The molecule has 2 rings (SSSR count). The molecule has 0 spiro atoms. The second-order valence-corrected chi connectivity index (χ2v) is 4.79. The molecule has 0 atom stereocenters. The van der Waals surface area contributed by atoms with Crippen LogP contribution in [0.15, 0.2) is 6.07 Å². The van der Waals surface area contributed by atoms with Gasteiger partial charge in [-0.15, -0.1) is 0 Å². The zero-order chi connectivity index (χ0) is 14.2. The Morgan fingerprint density at radius 2 is 2.16 bits per heavy atom. The smallest absolute Gasteiger partial charge is 0.336 e. The van der Waals surface area contributed by atoms with E-state index in [9.17, 15) is 9.90 Å². The Morgan fingerprint density at radius 1 is 1.47 bits per heavy atom. The first kappa shape index (κ1) is 13.5. The van der Waals surface area contributed by atoms with Crippen LogP contribution in [0.2, 0.25) is 0 Å². The number of aliphatic hydroxyl groups is 1. The molecule has 2 aromatic heterocycles. The number of hydrogen-bond donors (Lipinski definition) is 2. The monoisotopic (exact) mass is 263 g/mol. The average molecular weight is 263 g/mol. The third kappa shape index (κ3) is 2.31. The Kier molecular flexibility index (Phi) is 3.53. The summed E-state index contributed by atoms with van der Waals surface area (Å²) in [5, 5.41) is 23.2.